The standard InChI is InChI=1S/C17H18O2/c1-18-15-9-6-13(7-10-15)12-16-11-8-14-4-2-3-5-17(14)19-16/h2-7,9-10,16H,8,11-12H2,1H3. The third kappa shape index (κ3) is 2.73. The molecule has 0 saturated carbocycles. The molecule has 0 aliphatic carbocycles. The lowest BCUT2D eigenvalue weighted by Gasteiger charge is -2.26. The van der Waals surface area contributed by atoms with Crippen molar-refractivity contribution in [2.45, 2.75) is 25.4 Å². The zero-order valence-electron chi connectivity index (χ0n) is 11.1. The highest BCUT2D eigenvalue weighted by Crippen LogP contribution is 2.28. The van der Waals surface area contributed by atoms with Crippen molar-refractivity contribution in [1.29, 1.82) is 0 Å². The lowest BCUT2D eigenvalue weighted by molar-refractivity contribution is 0.174. The Morgan fingerprint density at radius 1 is 1.11 bits per heavy atom. The molecule has 2 nitrogen and oxygen atoms in total. The number of para-hydroxylation sites is 1. The number of ether oxygens (including phenoxy) is 2. The van der Waals surface area contributed by atoms with Gasteiger partial charge in [0.1, 0.15) is 17.6 Å². The summed E-state index contributed by atoms with van der Waals surface area (Å²) in [6, 6.07) is 16.6. The highest BCUT2D eigenvalue weighted by Gasteiger charge is 2.19. The minimum absolute atomic E-state index is 0.281. The molecule has 0 N–H and O–H groups in total. The molecule has 0 amide bonds. The average molecular weight is 254 g/mol. The molecule has 0 fully saturated rings. The smallest absolute Gasteiger partial charge is 0.122 e. The highest BCUT2D eigenvalue weighted by atomic mass is 16.5. The van der Waals surface area contributed by atoms with E-state index in [1.165, 1.54) is 11.1 Å². The SMILES string of the molecule is COc1ccc(CC2CCc3ccccc3O2)cc1. The maximum absolute atomic E-state index is 6.06. The van der Waals surface area contributed by atoms with Crippen LogP contribution in [0.4, 0.5) is 0 Å². The molecule has 1 aliphatic rings. The normalized spacial score (nSPS) is 17.4. The van der Waals surface area contributed by atoms with E-state index in [4.69, 9.17) is 9.47 Å². The van der Waals surface area contributed by atoms with E-state index in [1.54, 1.807) is 7.11 Å². The van der Waals surface area contributed by atoms with E-state index < -0.39 is 0 Å². The van der Waals surface area contributed by atoms with Gasteiger partial charge in [-0.15, -0.1) is 0 Å². The first kappa shape index (κ1) is 12.1. The van der Waals surface area contributed by atoms with Crippen molar-refractivity contribution in [3.63, 3.8) is 0 Å². The van der Waals surface area contributed by atoms with E-state index in [0.29, 0.717) is 0 Å². The fourth-order valence-electron chi connectivity index (χ4n) is 2.55. The molecule has 1 heterocycles. The molecule has 3 rings (SSSR count). The van der Waals surface area contributed by atoms with Crippen LogP contribution in [0.2, 0.25) is 0 Å². The third-order valence-corrected chi connectivity index (χ3v) is 3.62. The van der Waals surface area contributed by atoms with Crippen LogP contribution in [0.1, 0.15) is 17.5 Å². The second-order valence-corrected chi connectivity index (χ2v) is 4.94. The Bertz CT molecular complexity index is 545. The van der Waals surface area contributed by atoms with Gasteiger partial charge in [0.15, 0.2) is 0 Å². The van der Waals surface area contributed by atoms with Crippen molar-refractivity contribution in [3.05, 3.63) is 59.7 Å². The average Bonchev–Trinajstić information content (AvgIpc) is 2.48. The second-order valence-electron chi connectivity index (χ2n) is 4.94. The molecule has 2 heteroatoms. The van der Waals surface area contributed by atoms with Crippen LogP contribution in [-0.2, 0) is 12.8 Å². The lowest BCUT2D eigenvalue weighted by Crippen LogP contribution is -2.24. The summed E-state index contributed by atoms with van der Waals surface area (Å²) in [5, 5.41) is 0. The molecule has 1 aliphatic heterocycles. The molecule has 1 unspecified atom stereocenters. The van der Waals surface area contributed by atoms with E-state index in [-0.39, 0.29) is 6.10 Å². The fourth-order valence-corrected chi connectivity index (χ4v) is 2.55. The summed E-state index contributed by atoms with van der Waals surface area (Å²) >= 11 is 0. The van der Waals surface area contributed by atoms with Gasteiger partial charge in [-0.2, -0.15) is 0 Å². The van der Waals surface area contributed by atoms with Crippen molar-refractivity contribution < 1.29 is 9.47 Å². The van der Waals surface area contributed by atoms with Gasteiger partial charge in [0, 0.05) is 6.42 Å². The Kier molecular flexibility index (Phi) is 3.41. The molecule has 0 spiro atoms. The Balaban J connectivity index is 1.68. The van der Waals surface area contributed by atoms with E-state index in [2.05, 4.69) is 30.3 Å². The van der Waals surface area contributed by atoms with Crippen molar-refractivity contribution in [3.8, 4) is 11.5 Å². The Morgan fingerprint density at radius 3 is 2.68 bits per heavy atom. The Labute approximate surface area is 114 Å². The highest BCUT2D eigenvalue weighted by molar-refractivity contribution is 5.35. The molecule has 0 radical (unpaired) electrons. The predicted octanol–water partition coefficient (Wildman–Crippen LogP) is 3.63. The number of benzene rings is 2. The quantitative estimate of drug-likeness (QED) is 0.832. The van der Waals surface area contributed by atoms with Gasteiger partial charge in [0.2, 0.25) is 0 Å². The van der Waals surface area contributed by atoms with E-state index in [1.807, 2.05) is 18.2 Å². The van der Waals surface area contributed by atoms with Crippen LogP contribution in [0.15, 0.2) is 48.5 Å². The van der Waals surface area contributed by atoms with Gasteiger partial charge in [-0.25, -0.2) is 0 Å². The van der Waals surface area contributed by atoms with Crippen LogP contribution >= 0.6 is 0 Å². The molecule has 2 aromatic rings. The van der Waals surface area contributed by atoms with E-state index in [9.17, 15) is 0 Å². The molecule has 1 atom stereocenters. The summed E-state index contributed by atoms with van der Waals surface area (Å²) in [6.07, 6.45) is 3.43. The first-order valence-corrected chi connectivity index (χ1v) is 6.72. The van der Waals surface area contributed by atoms with Gasteiger partial charge in [0.05, 0.1) is 7.11 Å². The summed E-state index contributed by atoms with van der Waals surface area (Å²) < 4.78 is 11.2. The molecule has 19 heavy (non-hydrogen) atoms. The van der Waals surface area contributed by atoms with Crippen molar-refractivity contribution in [2.75, 3.05) is 7.11 Å². The number of hydrogen-bond acceptors (Lipinski definition) is 2. The fraction of sp³-hybridized carbons (Fsp3) is 0.294. The first-order chi connectivity index (χ1) is 9.35. The molecule has 0 saturated heterocycles. The zero-order chi connectivity index (χ0) is 13.1. The molecule has 0 bridgehead atoms. The van der Waals surface area contributed by atoms with Crippen molar-refractivity contribution >= 4 is 0 Å². The summed E-state index contributed by atoms with van der Waals surface area (Å²) in [6.45, 7) is 0. The van der Waals surface area contributed by atoms with Crippen LogP contribution in [0.5, 0.6) is 11.5 Å². The topological polar surface area (TPSA) is 18.5 Å². The monoisotopic (exact) mass is 254 g/mol. The van der Waals surface area contributed by atoms with Crippen LogP contribution in [0, 0.1) is 0 Å². The van der Waals surface area contributed by atoms with Crippen LogP contribution < -0.4 is 9.47 Å². The summed E-state index contributed by atoms with van der Waals surface area (Å²) in [5.74, 6) is 1.95. The van der Waals surface area contributed by atoms with E-state index >= 15 is 0 Å². The largest absolute Gasteiger partial charge is 0.497 e. The number of rotatable bonds is 3. The van der Waals surface area contributed by atoms with Gasteiger partial charge < -0.3 is 9.47 Å². The maximum Gasteiger partial charge on any atom is 0.122 e. The van der Waals surface area contributed by atoms with Crippen molar-refractivity contribution in [1.82, 2.24) is 0 Å². The number of aryl methyl sites for hydroxylation is 1. The number of hydrogen-bond donors (Lipinski definition) is 0. The van der Waals surface area contributed by atoms with Gasteiger partial charge in [-0.05, 0) is 42.2 Å². The lowest BCUT2D eigenvalue weighted by atomic mass is 9.98. The number of methoxy groups -OCH3 is 1. The Morgan fingerprint density at radius 2 is 1.89 bits per heavy atom. The van der Waals surface area contributed by atoms with E-state index in [0.717, 1.165) is 30.8 Å². The third-order valence-electron chi connectivity index (χ3n) is 3.62. The summed E-state index contributed by atoms with van der Waals surface area (Å²) in [4.78, 5) is 0. The van der Waals surface area contributed by atoms with Crippen molar-refractivity contribution in [2.24, 2.45) is 0 Å². The second kappa shape index (κ2) is 5.35. The molecule has 0 aromatic heterocycles. The Hall–Kier alpha value is -1.96. The van der Waals surface area contributed by atoms with Crippen LogP contribution in [-0.4, -0.2) is 13.2 Å². The molecule has 2 aromatic carbocycles. The summed E-state index contributed by atoms with van der Waals surface area (Å²) in [7, 11) is 1.69. The van der Waals surface area contributed by atoms with Gasteiger partial charge >= 0.3 is 0 Å². The van der Waals surface area contributed by atoms with Gasteiger partial charge in [-0.1, -0.05) is 30.3 Å². The minimum Gasteiger partial charge on any atom is -0.497 e. The summed E-state index contributed by atoms with van der Waals surface area (Å²) in [5.41, 5.74) is 2.62. The number of fused-ring (bicyclic) bond motifs is 1. The molecule has 98 valence electrons. The maximum atomic E-state index is 6.06. The predicted molar refractivity (Wildman–Crippen MR) is 75.9 cm³/mol. The van der Waals surface area contributed by atoms with Gasteiger partial charge in [0.25, 0.3) is 0 Å². The first-order valence-electron chi connectivity index (χ1n) is 6.72. The minimum atomic E-state index is 0.281. The van der Waals surface area contributed by atoms with Crippen LogP contribution in [0.3, 0.4) is 0 Å². The van der Waals surface area contributed by atoms with Gasteiger partial charge in [-0.3, -0.25) is 0 Å². The van der Waals surface area contributed by atoms with Crippen LogP contribution in [0.25, 0.3) is 0 Å². The molecular weight excluding hydrogens is 236 g/mol. The zero-order valence-corrected chi connectivity index (χ0v) is 11.1. The molecular formula is C17H18O2.